The highest BCUT2D eigenvalue weighted by Crippen LogP contribution is 2.38. The van der Waals surface area contributed by atoms with Crippen LogP contribution in [-0.2, 0) is 0 Å². The first-order valence-electron chi connectivity index (χ1n) is 10.3. The van der Waals surface area contributed by atoms with E-state index in [1.54, 1.807) is 31.3 Å². The number of carbonyl (C=O) groups excluding carboxylic acids is 1. The molecule has 0 aliphatic rings. The van der Waals surface area contributed by atoms with Crippen LogP contribution in [0.1, 0.15) is 18.9 Å². The number of pyridine rings is 1. The van der Waals surface area contributed by atoms with Gasteiger partial charge in [0.15, 0.2) is 17.1 Å². The van der Waals surface area contributed by atoms with Crippen molar-refractivity contribution in [2.45, 2.75) is 25.3 Å². The van der Waals surface area contributed by atoms with Crippen LogP contribution in [0.15, 0.2) is 48.9 Å². The van der Waals surface area contributed by atoms with E-state index >= 15 is 0 Å². The summed E-state index contributed by atoms with van der Waals surface area (Å²) < 4.78 is 38.9. The standard InChI is InChI=1S/C22H19F3N6O3S/c1-2-26-20(34)31-21-30-15-8-11(7-13(17(15)35-21)14-5-3-4-6-27-14)12-9-28-19(29-10-12)16(32)18(33)22(23,24)25/h3-10,16,18,32-33H,2H2,1H3,(H2,26,30,31,34)/t16-,18-/m1/s1. The summed E-state index contributed by atoms with van der Waals surface area (Å²) in [4.78, 5) is 28.4. The number of anilines is 1. The third-order valence-corrected chi connectivity index (χ3v) is 5.91. The number of aliphatic hydroxyl groups is 2. The summed E-state index contributed by atoms with van der Waals surface area (Å²) in [5.41, 5.74) is 2.94. The molecule has 0 radical (unpaired) electrons. The lowest BCUT2D eigenvalue weighted by Gasteiger charge is -2.19. The molecule has 0 saturated heterocycles. The Hall–Kier alpha value is -3.68. The molecule has 0 unspecified atom stereocenters. The van der Waals surface area contributed by atoms with Crippen LogP contribution in [0.5, 0.6) is 0 Å². The summed E-state index contributed by atoms with van der Waals surface area (Å²) in [7, 11) is 0. The monoisotopic (exact) mass is 504 g/mol. The van der Waals surface area contributed by atoms with Crippen molar-refractivity contribution in [3.8, 4) is 22.4 Å². The third-order valence-electron chi connectivity index (χ3n) is 4.89. The van der Waals surface area contributed by atoms with Crippen LogP contribution in [0, 0.1) is 0 Å². The summed E-state index contributed by atoms with van der Waals surface area (Å²) in [6, 6.07) is 8.53. The van der Waals surface area contributed by atoms with Crippen molar-refractivity contribution in [3.05, 3.63) is 54.7 Å². The Kier molecular flexibility index (Phi) is 6.91. The van der Waals surface area contributed by atoms with Crippen molar-refractivity contribution in [1.82, 2.24) is 25.3 Å². The number of hydrogen-bond donors (Lipinski definition) is 4. The van der Waals surface area contributed by atoms with Gasteiger partial charge in [-0.1, -0.05) is 17.4 Å². The van der Waals surface area contributed by atoms with E-state index in [2.05, 4.69) is 30.6 Å². The maximum atomic E-state index is 12.7. The predicted molar refractivity (Wildman–Crippen MR) is 124 cm³/mol. The van der Waals surface area contributed by atoms with E-state index in [4.69, 9.17) is 0 Å². The quantitative estimate of drug-likeness (QED) is 0.313. The number of carbonyl (C=O) groups is 1. The first kappa shape index (κ1) is 24.4. The fraction of sp³-hybridized carbons (Fsp3) is 0.227. The molecule has 2 atom stereocenters. The molecule has 9 nitrogen and oxygen atoms in total. The molecule has 1 aromatic carbocycles. The molecule has 2 amide bonds. The molecule has 0 bridgehead atoms. The molecular weight excluding hydrogens is 485 g/mol. The Labute approximate surface area is 200 Å². The lowest BCUT2D eigenvalue weighted by Crippen LogP contribution is -2.35. The zero-order chi connectivity index (χ0) is 25.2. The van der Waals surface area contributed by atoms with E-state index in [9.17, 15) is 28.2 Å². The fourth-order valence-corrected chi connectivity index (χ4v) is 4.19. The average Bonchev–Trinajstić information content (AvgIpc) is 3.24. The number of fused-ring (bicyclic) bond motifs is 1. The normalized spacial score (nSPS) is 13.4. The van der Waals surface area contributed by atoms with E-state index in [-0.39, 0.29) is 0 Å². The van der Waals surface area contributed by atoms with Crippen molar-refractivity contribution in [3.63, 3.8) is 0 Å². The Balaban J connectivity index is 1.74. The molecule has 4 N–H and O–H groups in total. The van der Waals surface area contributed by atoms with Crippen molar-refractivity contribution < 1.29 is 28.2 Å². The van der Waals surface area contributed by atoms with Crippen LogP contribution in [-0.4, -0.2) is 55.0 Å². The zero-order valence-electron chi connectivity index (χ0n) is 18.1. The molecule has 13 heteroatoms. The zero-order valence-corrected chi connectivity index (χ0v) is 18.9. The van der Waals surface area contributed by atoms with Crippen LogP contribution in [0.4, 0.5) is 23.1 Å². The van der Waals surface area contributed by atoms with Gasteiger partial charge in [-0.05, 0) is 36.8 Å². The van der Waals surface area contributed by atoms with Gasteiger partial charge in [-0.3, -0.25) is 10.3 Å². The van der Waals surface area contributed by atoms with Crippen LogP contribution >= 0.6 is 11.3 Å². The molecule has 0 fully saturated rings. The maximum absolute atomic E-state index is 12.7. The summed E-state index contributed by atoms with van der Waals surface area (Å²) in [6.07, 6.45) is -6.22. The number of aromatic nitrogens is 4. The lowest BCUT2D eigenvalue weighted by atomic mass is 10.0. The molecule has 3 aromatic heterocycles. The second-order valence-electron chi connectivity index (χ2n) is 7.35. The second-order valence-corrected chi connectivity index (χ2v) is 8.35. The molecule has 4 rings (SSSR count). The molecule has 0 saturated carbocycles. The number of alkyl halides is 3. The number of nitrogens with one attached hydrogen (secondary N) is 2. The van der Waals surface area contributed by atoms with Crippen LogP contribution in [0.2, 0.25) is 0 Å². The predicted octanol–water partition coefficient (Wildman–Crippen LogP) is 3.91. The summed E-state index contributed by atoms with van der Waals surface area (Å²) in [6.45, 7) is 2.24. The highest BCUT2D eigenvalue weighted by Gasteiger charge is 2.44. The fourth-order valence-electron chi connectivity index (χ4n) is 3.23. The molecule has 3 heterocycles. The van der Waals surface area contributed by atoms with Gasteiger partial charge in [-0.25, -0.2) is 19.7 Å². The van der Waals surface area contributed by atoms with E-state index in [1.807, 2.05) is 12.1 Å². The Morgan fingerprint density at radius 3 is 2.49 bits per heavy atom. The van der Waals surface area contributed by atoms with Crippen LogP contribution < -0.4 is 10.6 Å². The van der Waals surface area contributed by atoms with Crippen LogP contribution in [0.3, 0.4) is 0 Å². The van der Waals surface area contributed by atoms with Crippen LogP contribution in [0.25, 0.3) is 32.6 Å². The highest BCUT2D eigenvalue weighted by molar-refractivity contribution is 7.22. The SMILES string of the molecule is CCNC(=O)Nc1nc2cc(-c3cnc([C@H](O)[C@@H](O)C(F)(F)F)nc3)cc(-c3ccccn3)c2s1. The average molecular weight is 504 g/mol. The number of amides is 2. The Morgan fingerprint density at radius 2 is 1.86 bits per heavy atom. The van der Waals surface area contributed by atoms with Gasteiger partial charge >= 0.3 is 12.2 Å². The minimum Gasteiger partial charge on any atom is -0.382 e. The largest absolute Gasteiger partial charge is 0.417 e. The van der Waals surface area contributed by atoms with Gasteiger partial charge < -0.3 is 15.5 Å². The second kappa shape index (κ2) is 9.90. The number of thiazole rings is 1. The van der Waals surface area contributed by atoms with Gasteiger partial charge in [0.05, 0.1) is 15.9 Å². The van der Waals surface area contributed by atoms with Gasteiger partial charge in [0.1, 0.15) is 6.10 Å². The maximum Gasteiger partial charge on any atom is 0.417 e. The number of rotatable bonds is 6. The van der Waals surface area contributed by atoms with Gasteiger partial charge in [-0.2, -0.15) is 13.2 Å². The minimum atomic E-state index is -5.02. The summed E-state index contributed by atoms with van der Waals surface area (Å²) >= 11 is 1.27. The smallest absolute Gasteiger partial charge is 0.382 e. The Morgan fingerprint density at radius 1 is 1.11 bits per heavy atom. The number of hydrogen-bond acceptors (Lipinski definition) is 8. The summed E-state index contributed by atoms with van der Waals surface area (Å²) in [5, 5.41) is 24.7. The van der Waals surface area contributed by atoms with E-state index in [0.717, 1.165) is 10.3 Å². The molecule has 4 aromatic rings. The van der Waals surface area contributed by atoms with E-state index in [1.165, 1.54) is 23.7 Å². The number of urea groups is 1. The van der Waals surface area contributed by atoms with Crippen molar-refractivity contribution in [2.75, 3.05) is 11.9 Å². The van der Waals surface area contributed by atoms with Crippen molar-refractivity contribution in [2.24, 2.45) is 0 Å². The van der Waals surface area contributed by atoms with Gasteiger partial charge in [0, 0.05) is 36.3 Å². The molecule has 0 aliphatic heterocycles. The number of benzene rings is 1. The topological polar surface area (TPSA) is 133 Å². The first-order valence-corrected chi connectivity index (χ1v) is 11.1. The van der Waals surface area contributed by atoms with Gasteiger partial charge in [-0.15, -0.1) is 0 Å². The van der Waals surface area contributed by atoms with E-state index < -0.39 is 30.2 Å². The number of halogens is 3. The number of nitrogens with zero attached hydrogens (tertiary/aromatic N) is 4. The molecule has 0 aliphatic carbocycles. The van der Waals surface area contributed by atoms with E-state index in [0.29, 0.717) is 34.0 Å². The number of aliphatic hydroxyl groups excluding tert-OH is 2. The third kappa shape index (κ3) is 5.37. The Bertz CT molecular complexity index is 1330. The van der Waals surface area contributed by atoms with Crippen molar-refractivity contribution in [1.29, 1.82) is 0 Å². The molecular formula is C22H19F3N6O3S. The van der Waals surface area contributed by atoms with Crippen molar-refractivity contribution >= 4 is 32.7 Å². The lowest BCUT2D eigenvalue weighted by molar-refractivity contribution is -0.232. The molecule has 0 spiro atoms. The first-order chi connectivity index (χ1) is 16.7. The van der Waals surface area contributed by atoms with Gasteiger partial charge in [0.2, 0.25) is 0 Å². The minimum absolute atomic E-state index is 0.371. The van der Waals surface area contributed by atoms with Gasteiger partial charge in [0.25, 0.3) is 0 Å². The molecule has 35 heavy (non-hydrogen) atoms. The highest BCUT2D eigenvalue weighted by atomic mass is 32.1. The molecule has 182 valence electrons. The summed E-state index contributed by atoms with van der Waals surface area (Å²) in [5.74, 6) is -0.563.